The molecule has 31 heavy (non-hydrogen) atoms. The molecule has 0 aliphatic rings. The molecule has 1 nitrogen and oxygen atoms in total. The summed E-state index contributed by atoms with van der Waals surface area (Å²) in [7, 11) is 0. The average Bonchev–Trinajstić information content (AvgIpc) is 2.79. The molecule has 0 aliphatic carbocycles. The summed E-state index contributed by atoms with van der Waals surface area (Å²) < 4.78 is 0. The normalized spacial score (nSPS) is 13.0. The molecule has 4 rings (SSSR count). The van der Waals surface area contributed by atoms with Crippen molar-refractivity contribution >= 4 is 0 Å². The van der Waals surface area contributed by atoms with E-state index in [9.17, 15) is 5.11 Å². The lowest BCUT2D eigenvalue weighted by Gasteiger charge is -2.23. The number of hydrogen-bond donors (Lipinski definition) is 1. The SMILES string of the molecule is Cc1ccccc1C(C)c1cc(-c2ccccc2)c(O)c(C(C)c2ccccc2C)c1. The summed E-state index contributed by atoms with van der Waals surface area (Å²) in [5, 5.41) is 11.4. The van der Waals surface area contributed by atoms with E-state index in [1.165, 1.54) is 27.8 Å². The van der Waals surface area contributed by atoms with E-state index >= 15 is 0 Å². The Morgan fingerprint density at radius 2 is 1.10 bits per heavy atom. The van der Waals surface area contributed by atoms with Crippen LogP contribution in [0.15, 0.2) is 91.0 Å². The van der Waals surface area contributed by atoms with Gasteiger partial charge in [0, 0.05) is 23.0 Å². The van der Waals surface area contributed by atoms with Crippen LogP contribution in [0.3, 0.4) is 0 Å². The van der Waals surface area contributed by atoms with Gasteiger partial charge in [-0.15, -0.1) is 0 Å². The van der Waals surface area contributed by atoms with E-state index < -0.39 is 0 Å². The van der Waals surface area contributed by atoms with Crippen LogP contribution in [0.4, 0.5) is 0 Å². The van der Waals surface area contributed by atoms with Crippen molar-refractivity contribution in [2.45, 2.75) is 39.5 Å². The zero-order valence-electron chi connectivity index (χ0n) is 18.8. The average molecular weight is 407 g/mol. The summed E-state index contributed by atoms with van der Waals surface area (Å²) in [4.78, 5) is 0. The Morgan fingerprint density at radius 3 is 1.68 bits per heavy atom. The van der Waals surface area contributed by atoms with Gasteiger partial charge in [-0.1, -0.05) is 98.8 Å². The fourth-order valence-corrected chi connectivity index (χ4v) is 4.59. The number of hydrogen-bond acceptors (Lipinski definition) is 1. The topological polar surface area (TPSA) is 20.2 Å². The van der Waals surface area contributed by atoms with E-state index in [2.05, 4.69) is 100 Å². The zero-order valence-corrected chi connectivity index (χ0v) is 18.8. The van der Waals surface area contributed by atoms with Gasteiger partial charge in [-0.05, 0) is 53.3 Å². The molecule has 0 heterocycles. The van der Waals surface area contributed by atoms with Gasteiger partial charge in [-0.3, -0.25) is 0 Å². The molecule has 0 saturated heterocycles. The molecule has 4 aromatic carbocycles. The monoisotopic (exact) mass is 406 g/mol. The van der Waals surface area contributed by atoms with Crippen molar-refractivity contribution in [2.75, 3.05) is 0 Å². The van der Waals surface area contributed by atoms with Crippen molar-refractivity contribution in [3.8, 4) is 16.9 Å². The Hall–Kier alpha value is -3.32. The molecule has 1 heteroatoms. The second-order valence-electron chi connectivity index (χ2n) is 8.53. The second kappa shape index (κ2) is 8.81. The molecule has 0 spiro atoms. The number of benzene rings is 4. The standard InChI is InChI=1S/C30H30O/c1-20-12-8-10-16-26(20)22(3)25-18-28(23(4)27-17-11-9-13-21(27)2)30(31)29(19-25)24-14-6-5-7-15-24/h5-19,22-23,31H,1-4H3. The van der Waals surface area contributed by atoms with Crippen molar-refractivity contribution in [1.29, 1.82) is 0 Å². The van der Waals surface area contributed by atoms with Crippen molar-refractivity contribution in [2.24, 2.45) is 0 Å². The van der Waals surface area contributed by atoms with E-state index in [1.807, 2.05) is 18.2 Å². The number of aryl methyl sites for hydroxylation is 2. The number of phenolic OH excluding ortho intramolecular Hbond substituents is 1. The maximum Gasteiger partial charge on any atom is 0.127 e. The summed E-state index contributed by atoms with van der Waals surface area (Å²) >= 11 is 0. The highest BCUT2D eigenvalue weighted by molar-refractivity contribution is 5.74. The van der Waals surface area contributed by atoms with E-state index in [1.54, 1.807) is 0 Å². The first-order valence-corrected chi connectivity index (χ1v) is 11.0. The van der Waals surface area contributed by atoms with Crippen LogP contribution in [0.2, 0.25) is 0 Å². The van der Waals surface area contributed by atoms with Gasteiger partial charge >= 0.3 is 0 Å². The molecule has 0 fully saturated rings. The Kier molecular flexibility index (Phi) is 5.95. The minimum atomic E-state index is 0.0904. The van der Waals surface area contributed by atoms with E-state index in [0.29, 0.717) is 5.75 Å². The summed E-state index contributed by atoms with van der Waals surface area (Å²) in [6.07, 6.45) is 0. The largest absolute Gasteiger partial charge is 0.507 e. The van der Waals surface area contributed by atoms with Crippen molar-refractivity contribution in [3.63, 3.8) is 0 Å². The summed E-state index contributed by atoms with van der Waals surface area (Å²) in [5.74, 6) is 0.697. The van der Waals surface area contributed by atoms with Crippen LogP contribution in [-0.2, 0) is 0 Å². The minimum Gasteiger partial charge on any atom is -0.507 e. The van der Waals surface area contributed by atoms with Crippen LogP contribution in [0.25, 0.3) is 11.1 Å². The van der Waals surface area contributed by atoms with Gasteiger partial charge in [0.05, 0.1) is 0 Å². The third-order valence-electron chi connectivity index (χ3n) is 6.52. The van der Waals surface area contributed by atoms with Crippen LogP contribution < -0.4 is 0 Å². The highest BCUT2D eigenvalue weighted by atomic mass is 16.3. The molecule has 0 saturated carbocycles. The van der Waals surface area contributed by atoms with E-state index in [0.717, 1.165) is 16.7 Å². The van der Waals surface area contributed by atoms with Gasteiger partial charge in [-0.2, -0.15) is 0 Å². The summed E-state index contributed by atoms with van der Waals surface area (Å²) in [6.45, 7) is 8.75. The fourth-order valence-electron chi connectivity index (χ4n) is 4.59. The van der Waals surface area contributed by atoms with Crippen LogP contribution in [0.5, 0.6) is 5.75 Å². The molecule has 1 N–H and O–H groups in total. The van der Waals surface area contributed by atoms with Gasteiger partial charge in [-0.25, -0.2) is 0 Å². The van der Waals surface area contributed by atoms with Gasteiger partial charge in [0.2, 0.25) is 0 Å². The molecular weight excluding hydrogens is 376 g/mol. The summed E-state index contributed by atoms with van der Waals surface area (Å²) in [5.41, 5.74) is 9.24. The third-order valence-corrected chi connectivity index (χ3v) is 6.52. The van der Waals surface area contributed by atoms with Crippen LogP contribution in [0, 0.1) is 13.8 Å². The van der Waals surface area contributed by atoms with Crippen molar-refractivity contribution in [1.82, 2.24) is 0 Å². The third kappa shape index (κ3) is 4.14. The number of phenols is 1. The summed E-state index contributed by atoms with van der Waals surface area (Å²) in [6, 6.07) is 31.6. The molecule has 156 valence electrons. The van der Waals surface area contributed by atoms with Crippen LogP contribution >= 0.6 is 0 Å². The molecule has 0 amide bonds. The Morgan fingerprint density at radius 1 is 0.581 bits per heavy atom. The molecule has 0 aromatic heterocycles. The van der Waals surface area contributed by atoms with Crippen molar-refractivity contribution in [3.05, 3.63) is 124 Å². The predicted octanol–water partition coefficient (Wildman–Crippen LogP) is 7.98. The van der Waals surface area contributed by atoms with Crippen LogP contribution in [-0.4, -0.2) is 5.11 Å². The first-order chi connectivity index (χ1) is 15.0. The quantitative estimate of drug-likeness (QED) is 0.356. The maximum absolute atomic E-state index is 11.4. The maximum atomic E-state index is 11.4. The lowest BCUT2D eigenvalue weighted by molar-refractivity contribution is 0.467. The molecule has 4 aromatic rings. The molecule has 2 unspecified atom stereocenters. The molecular formula is C30H30O. The van der Waals surface area contributed by atoms with E-state index in [-0.39, 0.29) is 11.8 Å². The van der Waals surface area contributed by atoms with Crippen molar-refractivity contribution < 1.29 is 5.11 Å². The lowest BCUT2D eigenvalue weighted by Crippen LogP contribution is -2.04. The smallest absolute Gasteiger partial charge is 0.127 e. The second-order valence-corrected chi connectivity index (χ2v) is 8.53. The highest BCUT2D eigenvalue weighted by Crippen LogP contribution is 2.42. The number of rotatable bonds is 5. The highest BCUT2D eigenvalue weighted by Gasteiger charge is 2.21. The van der Waals surface area contributed by atoms with Gasteiger partial charge in [0.25, 0.3) is 0 Å². The molecule has 2 atom stereocenters. The molecule has 0 bridgehead atoms. The minimum absolute atomic E-state index is 0.0904. The first-order valence-electron chi connectivity index (χ1n) is 11.0. The predicted molar refractivity (Wildman–Crippen MR) is 131 cm³/mol. The first kappa shape index (κ1) is 20.9. The Balaban J connectivity index is 1.91. The Bertz CT molecular complexity index is 1190. The van der Waals surface area contributed by atoms with Gasteiger partial charge in [0.15, 0.2) is 0 Å². The molecule has 0 aliphatic heterocycles. The van der Waals surface area contributed by atoms with Gasteiger partial charge < -0.3 is 5.11 Å². The van der Waals surface area contributed by atoms with Crippen LogP contribution in [0.1, 0.15) is 59.1 Å². The fraction of sp³-hybridized carbons (Fsp3) is 0.200. The Labute approximate surface area is 186 Å². The van der Waals surface area contributed by atoms with E-state index in [4.69, 9.17) is 0 Å². The molecule has 0 radical (unpaired) electrons. The lowest BCUT2D eigenvalue weighted by atomic mass is 9.82. The van der Waals surface area contributed by atoms with Gasteiger partial charge in [0.1, 0.15) is 5.75 Å². The zero-order chi connectivity index (χ0) is 22.0. The number of aromatic hydroxyl groups is 1.